The normalized spacial score (nSPS) is 14.5. The van der Waals surface area contributed by atoms with E-state index in [1.165, 1.54) is 0 Å². The summed E-state index contributed by atoms with van der Waals surface area (Å²) in [6.07, 6.45) is 2.62. The first kappa shape index (κ1) is 11.3. The maximum Gasteiger partial charge on any atom is 0.272 e. The third kappa shape index (κ3) is 2.38. The maximum absolute atomic E-state index is 11.6. The van der Waals surface area contributed by atoms with E-state index in [9.17, 15) is 4.79 Å². The molecule has 1 fully saturated rings. The second-order valence-electron chi connectivity index (χ2n) is 4.28. The van der Waals surface area contributed by atoms with Crippen molar-refractivity contribution in [2.45, 2.75) is 18.9 Å². The van der Waals surface area contributed by atoms with Crippen LogP contribution in [0.2, 0.25) is 5.15 Å². The Hall–Kier alpha value is -1.81. The Morgan fingerprint density at radius 1 is 1.28 bits per heavy atom. The van der Waals surface area contributed by atoms with Gasteiger partial charge in [0.2, 0.25) is 0 Å². The highest BCUT2D eigenvalue weighted by Gasteiger charge is 2.23. The van der Waals surface area contributed by atoms with E-state index in [-0.39, 0.29) is 10.7 Å². The average Bonchev–Trinajstić information content (AvgIpc) is 3.17. The third-order valence-electron chi connectivity index (χ3n) is 2.76. The smallest absolute Gasteiger partial charge is 0.272 e. The number of nitrogens with zero attached hydrogens (tertiary/aromatic N) is 1. The number of nitrogens with one attached hydrogen (secondary N) is 1. The molecule has 0 saturated heterocycles. The molecule has 0 bridgehead atoms. The van der Waals surface area contributed by atoms with Crippen LogP contribution in [0.15, 0.2) is 35.1 Å². The molecule has 1 aromatic heterocycles. The zero-order chi connectivity index (χ0) is 12.5. The lowest BCUT2D eigenvalue weighted by Crippen LogP contribution is -2.10. The molecule has 1 aliphatic rings. The summed E-state index contributed by atoms with van der Waals surface area (Å²) >= 11 is 5.77. The molecule has 0 unspecified atom stereocenters. The SMILES string of the molecule is O=c1[nH]nc(Cl)cc1-c1ccc(OC2CC2)cc1. The molecule has 3 rings (SSSR count). The molecule has 0 aliphatic heterocycles. The summed E-state index contributed by atoms with van der Waals surface area (Å²) in [6, 6.07) is 8.97. The van der Waals surface area contributed by atoms with E-state index in [0.29, 0.717) is 11.7 Å². The van der Waals surface area contributed by atoms with E-state index in [2.05, 4.69) is 10.2 Å². The third-order valence-corrected chi connectivity index (χ3v) is 2.96. The fraction of sp³-hybridized carbons (Fsp3) is 0.231. The van der Waals surface area contributed by atoms with Gasteiger partial charge >= 0.3 is 0 Å². The molecule has 0 amide bonds. The lowest BCUT2D eigenvalue weighted by molar-refractivity contribution is 0.303. The summed E-state index contributed by atoms with van der Waals surface area (Å²) in [5.74, 6) is 0.831. The largest absolute Gasteiger partial charge is 0.490 e. The highest BCUT2D eigenvalue weighted by molar-refractivity contribution is 6.29. The van der Waals surface area contributed by atoms with Gasteiger partial charge < -0.3 is 4.74 Å². The fourth-order valence-electron chi connectivity index (χ4n) is 1.69. The Balaban J connectivity index is 1.91. The number of halogens is 1. The van der Waals surface area contributed by atoms with Crippen LogP contribution in [0.5, 0.6) is 5.75 Å². The van der Waals surface area contributed by atoms with Gasteiger partial charge in [0.25, 0.3) is 5.56 Å². The number of aromatic nitrogens is 2. The zero-order valence-electron chi connectivity index (χ0n) is 9.52. The summed E-state index contributed by atoms with van der Waals surface area (Å²) < 4.78 is 5.65. The van der Waals surface area contributed by atoms with E-state index in [1.54, 1.807) is 6.07 Å². The number of H-pyrrole nitrogens is 1. The van der Waals surface area contributed by atoms with Crippen molar-refractivity contribution >= 4 is 11.6 Å². The number of hydrogen-bond donors (Lipinski definition) is 1. The van der Waals surface area contributed by atoms with Gasteiger partial charge in [-0.2, -0.15) is 5.10 Å². The van der Waals surface area contributed by atoms with Crippen LogP contribution in [0, 0.1) is 0 Å². The molecule has 92 valence electrons. The topological polar surface area (TPSA) is 55.0 Å². The molecule has 1 saturated carbocycles. The second-order valence-corrected chi connectivity index (χ2v) is 4.66. The van der Waals surface area contributed by atoms with Gasteiger partial charge in [0.1, 0.15) is 10.9 Å². The van der Waals surface area contributed by atoms with Gasteiger partial charge in [0.15, 0.2) is 0 Å². The molecule has 2 aromatic rings. The van der Waals surface area contributed by atoms with Crippen LogP contribution in [-0.2, 0) is 0 Å². The molecule has 1 aromatic carbocycles. The number of benzene rings is 1. The molecule has 0 radical (unpaired) electrons. The second kappa shape index (κ2) is 4.46. The minimum absolute atomic E-state index is 0.254. The summed E-state index contributed by atoms with van der Waals surface area (Å²) in [4.78, 5) is 11.6. The van der Waals surface area contributed by atoms with Crippen LogP contribution < -0.4 is 10.3 Å². The molecular formula is C13H11ClN2O2. The zero-order valence-corrected chi connectivity index (χ0v) is 10.3. The van der Waals surface area contributed by atoms with Crippen molar-refractivity contribution in [3.63, 3.8) is 0 Å². The van der Waals surface area contributed by atoms with E-state index in [0.717, 1.165) is 24.2 Å². The Labute approximate surface area is 109 Å². The van der Waals surface area contributed by atoms with E-state index in [4.69, 9.17) is 16.3 Å². The predicted molar refractivity (Wildman–Crippen MR) is 69.0 cm³/mol. The first-order chi connectivity index (χ1) is 8.72. The Kier molecular flexibility index (Phi) is 2.80. The van der Waals surface area contributed by atoms with Crippen LogP contribution in [0.1, 0.15) is 12.8 Å². The summed E-state index contributed by atoms with van der Waals surface area (Å²) in [5, 5.41) is 6.25. The van der Waals surface area contributed by atoms with Crippen molar-refractivity contribution in [2.75, 3.05) is 0 Å². The molecule has 0 spiro atoms. The minimum atomic E-state index is -0.254. The van der Waals surface area contributed by atoms with Crippen molar-refractivity contribution in [3.05, 3.63) is 45.8 Å². The fourth-order valence-corrected chi connectivity index (χ4v) is 1.84. The van der Waals surface area contributed by atoms with Gasteiger partial charge in [-0.15, -0.1) is 0 Å². The molecule has 1 aliphatic carbocycles. The molecule has 1 N–H and O–H groups in total. The Morgan fingerprint density at radius 3 is 2.67 bits per heavy atom. The number of aromatic amines is 1. The number of ether oxygens (including phenoxy) is 1. The van der Waals surface area contributed by atoms with E-state index >= 15 is 0 Å². The average molecular weight is 263 g/mol. The predicted octanol–water partition coefficient (Wildman–Crippen LogP) is 2.63. The molecular weight excluding hydrogens is 252 g/mol. The summed E-state index contributed by atoms with van der Waals surface area (Å²) in [6.45, 7) is 0. The molecule has 0 atom stereocenters. The van der Waals surface area contributed by atoms with Gasteiger partial charge in [0, 0.05) is 0 Å². The molecule has 5 heteroatoms. The highest BCUT2D eigenvalue weighted by Crippen LogP contribution is 2.28. The molecule has 1 heterocycles. The Morgan fingerprint density at radius 2 is 2.00 bits per heavy atom. The van der Waals surface area contributed by atoms with Crippen molar-refractivity contribution in [3.8, 4) is 16.9 Å². The first-order valence-electron chi connectivity index (χ1n) is 5.75. The lowest BCUT2D eigenvalue weighted by Gasteiger charge is -2.05. The number of hydrogen-bond acceptors (Lipinski definition) is 3. The van der Waals surface area contributed by atoms with Crippen molar-refractivity contribution < 1.29 is 4.74 Å². The van der Waals surface area contributed by atoms with Crippen LogP contribution in [-0.4, -0.2) is 16.3 Å². The molecule has 18 heavy (non-hydrogen) atoms. The van der Waals surface area contributed by atoms with E-state index < -0.39 is 0 Å². The van der Waals surface area contributed by atoms with Gasteiger partial charge in [0.05, 0.1) is 11.7 Å². The van der Waals surface area contributed by atoms with Crippen molar-refractivity contribution in [1.82, 2.24) is 10.2 Å². The monoisotopic (exact) mass is 262 g/mol. The van der Waals surface area contributed by atoms with Gasteiger partial charge in [-0.05, 0) is 36.6 Å². The lowest BCUT2D eigenvalue weighted by atomic mass is 10.1. The number of rotatable bonds is 3. The van der Waals surface area contributed by atoms with Crippen LogP contribution in [0.25, 0.3) is 11.1 Å². The minimum Gasteiger partial charge on any atom is -0.490 e. The van der Waals surface area contributed by atoms with Crippen LogP contribution >= 0.6 is 11.6 Å². The first-order valence-corrected chi connectivity index (χ1v) is 6.12. The summed E-state index contributed by atoms with van der Waals surface area (Å²) in [5.41, 5.74) is 1.05. The van der Waals surface area contributed by atoms with Gasteiger partial charge in [-0.1, -0.05) is 23.7 Å². The van der Waals surface area contributed by atoms with Crippen LogP contribution in [0.4, 0.5) is 0 Å². The van der Waals surface area contributed by atoms with Crippen LogP contribution in [0.3, 0.4) is 0 Å². The van der Waals surface area contributed by atoms with Gasteiger partial charge in [-0.25, -0.2) is 5.10 Å². The van der Waals surface area contributed by atoms with Crippen molar-refractivity contribution in [2.24, 2.45) is 0 Å². The maximum atomic E-state index is 11.6. The summed E-state index contributed by atoms with van der Waals surface area (Å²) in [7, 11) is 0. The van der Waals surface area contributed by atoms with Gasteiger partial charge in [-0.3, -0.25) is 4.79 Å². The Bertz CT molecular complexity index is 618. The quantitative estimate of drug-likeness (QED) is 0.925. The van der Waals surface area contributed by atoms with E-state index in [1.807, 2.05) is 24.3 Å². The van der Waals surface area contributed by atoms with Crippen molar-refractivity contribution in [1.29, 1.82) is 0 Å². The standard InChI is InChI=1S/C13H11ClN2O2/c14-12-7-11(13(17)16-15-12)8-1-3-9(4-2-8)18-10-5-6-10/h1-4,7,10H,5-6H2,(H,16,17). The highest BCUT2D eigenvalue weighted by atomic mass is 35.5. The molecule has 4 nitrogen and oxygen atoms in total.